The van der Waals surface area contributed by atoms with E-state index in [0.717, 1.165) is 17.5 Å². The van der Waals surface area contributed by atoms with Gasteiger partial charge in [0.15, 0.2) is 5.60 Å². The Morgan fingerprint density at radius 2 is 1.42 bits per heavy atom. The van der Waals surface area contributed by atoms with Gasteiger partial charge in [-0.2, -0.15) is 0 Å². The predicted molar refractivity (Wildman–Crippen MR) is 78.7 cm³/mol. The van der Waals surface area contributed by atoms with E-state index in [1.54, 1.807) is 0 Å². The smallest absolute Gasteiger partial charge is 0.179 e. The minimum absolute atomic E-state index is 0.633. The lowest BCUT2D eigenvalue weighted by Crippen LogP contribution is -2.30. The van der Waals surface area contributed by atoms with Gasteiger partial charge in [-0.1, -0.05) is 73.5 Å². The summed E-state index contributed by atoms with van der Waals surface area (Å²) >= 11 is 0. The second-order valence-electron chi connectivity index (χ2n) is 4.41. The number of hydrogen-bond donors (Lipinski definition) is 0. The maximum Gasteiger partial charge on any atom is 0.179 e. The van der Waals surface area contributed by atoms with E-state index in [9.17, 15) is 0 Å². The van der Waals surface area contributed by atoms with Crippen LogP contribution in [-0.4, -0.2) is 6.61 Å². The zero-order valence-electron chi connectivity index (χ0n) is 11.2. The van der Waals surface area contributed by atoms with Crippen molar-refractivity contribution in [3.63, 3.8) is 0 Å². The van der Waals surface area contributed by atoms with E-state index < -0.39 is 5.60 Å². The lowest BCUT2D eigenvalue weighted by molar-refractivity contribution is 0.0269. The highest BCUT2D eigenvalue weighted by molar-refractivity contribution is 5.44. The molecule has 0 saturated carbocycles. The van der Waals surface area contributed by atoms with Crippen molar-refractivity contribution >= 4 is 0 Å². The standard InChI is InChI=1S/C18H18O/c1-3-15-19-18(4-2,16-11-7-5-8-12-16)17-13-9-6-10-14-17/h2,5-14H,3,15H2,1H3. The first-order valence-electron chi connectivity index (χ1n) is 6.56. The number of ether oxygens (including phenoxy) is 1. The summed E-state index contributed by atoms with van der Waals surface area (Å²) in [7, 11) is 0. The molecule has 2 aromatic carbocycles. The van der Waals surface area contributed by atoms with Crippen LogP contribution in [-0.2, 0) is 10.3 Å². The Hall–Kier alpha value is -2.04. The molecular formula is C18H18O. The van der Waals surface area contributed by atoms with Gasteiger partial charge < -0.3 is 4.74 Å². The van der Waals surface area contributed by atoms with E-state index >= 15 is 0 Å². The third kappa shape index (κ3) is 2.70. The molecule has 1 nitrogen and oxygen atoms in total. The highest BCUT2D eigenvalue weighted by Crippen LogP contribution is 2.33. The zero-order valence-corrected chi connectivity index (χ0v) is 11.2. The molecule has 0 bridgehead atoms. The van der Waals surface area contributed by atoms with Crippen molar-refractivity contribution in [1.82, 2.24) is 0 Å². The van der Waals surface area contributed by atoms with Gasteiger partial charge in [0.25, 0.3) is 0 Å². The van der Waals surface area contributed by atoms with Crippen molar-refractivity contribution in [3.05, 3.63) is 71.8 Å². The molecule has 0 aliphatic rings. The summed E-state index contributed by atoms with van der Waals surface area (Å²) < 4.78 is 6.06. The minimum atomic E-state index is -0.793. The molecular weight excluding hydrogens is 232 g/mol. The fraction of sp³-hybridized carbons (Fsp3) is 0.222. The van der Waals surface area contributed by atoms with Crippen molar-refractivity contribution in [2.24, 2.45) is 0 Å². The van der Waals surface area contributed by atoms with Gasteiger partial charge >= 0.3 is 0 Å². The van der Waals surface area contributed by atoms with Crippen LogP contribution in [0.1, 0.15) is 24.5 Å². The fourth-order valence-corrected chi connectivity index (χ4v) is 2.14. The average molecular weight is 250 g/mol. The molecule has 0 fully saturated rings. The molecule has 0 spiro atoms. The van der Waals surface area contributed by atoms with E-state index in [1.807, 2.05) is 60.7 Å². The van der Waals surface area contributed by atoms with Crippen molar-refractivity contribution in [2.45, 2.75) is 18.9 Å². The normalized spacial score (nSPS) is 10.9. The lowest BCUT2D eigenvalue weighted by Gasteiger charge is -2.30. The van der Waals surface area contributed by atoms with Gasteiger partial charge in [0.2, 0.25) is 0 Å². The Bertz CT molecular complexity index is 497. The number of terminal acetylenes is 1. The van der Waals surface area contributed by atoms with E-state index in [4.69, 9.17) is 11.2 Å². The first-order chi connectivity index (χ1) is 9.33. The summed E-state index contributed by atoms with van der Waals surface area (Å²) in [5, 5.41) is 0. The quantitative estimate of drug-likeness (QED) is 0.729. The summed E-state index contributed by atoms with van der Waals surface area (Å²) in [6.07, 6.45) is 6.77. The van der Waals surface area contributed by atoms with Crippen LogP contribution in [0.25, 0.3) is 0 Å². The molecule has 0 aliphatic carbocycles. The van der Waals surface area contributed by atoms with E-state index in [0.29, 0.717) is 6.61 Å². The summed E-state index contributed by atoms with van der Waals surface area (Å²) in [5.41, 5.74) is 1.20. The largest absolute Gasteiger partial charge is 0.354 e. The molecule has 96 valence electrons. The van der Waals surface area contributed by atoms with Gasteiger partial charge in [0.05, 0.1) is 0 Å². The average Bonchev–Trinajstić information content (AvgIpc) is 2.51. The highest BCUT2D eigenvalue weighted by Gasteiger charge is 2.32. The zero-order chi connectivity index (χ0) is 13.6. The maximum absolute atomic E-state index is 6.06. The molecule has 0 radical (unpaired) electrons. The van der Waals surface area contributed by atoms with Crippen molar-refractivity contribution in [1.29, 1.82) is 0 Å². The molecule has 0 amide bonds. The van der Waals surface area contributed by atoms with E-state index in [-0.39, 0.29) is 0 Å². The second-order valence-corrected chi connectivity index (χ2v) is 4.41. The molecule has 0 atom stereocenters. The van der Waals surface area contributed by atoms with Crippen molar-refractivity contribution < 1.29 is 4.74 Å². The molecule has 0 N–H and O–H groups in total. The van der Waals surface area contributed by atoms with Gasteiger partial charge in [-0.15, -0.1) is 6.42 Å². The minimum Gasteiger partial charge on any atom is -0.354 e. The van der Waals surface area contributed by atoms with Crippen LogP contribution in [0.3, 0.4) is 0 Å². The Morgan fingerprint density at radius 3 is 1.79 bits per heavy atom. The molecule has 19 heavy (non-hydrogen) atoms. The van der Waals surface area contributed by atoms with Crippen LogP contribution in [0.4, 0.5) is 0 Å². The van der Waals surface area contributed by atoms with E-state index in [2.05, 4.69) is 12.8 Å². The van der Waals surface area contributed by atoms with Crippen LogP contribution >= 0.6 is 0 Å². The van der Waals surface area contributed by atoms with E-state index in [1.165, 1.54) is 0 Å². The summed E-state index contributed by atoms with van der Waals surface area (Å²) in [4.78, 5) is 0. The topological polar surface area (TPSA) is 9.23 Å². The molecule has 2 rings (SSSR count). The van der Waals surface area contributed by atoms with Gasteiger partial charge in [0, 0.05) is 17.7 Å². The first-order valence-corrected chi connectivity index (χ1v) is 6.56. The lowest BCUT2D eigenvalue weighted by atomic mass is 9.87. The van der Waals surface area contributed by atoms with Crippen molar-refractivity contribution in [3.8, 4) is 12.3 Å². The predicted octanol–water partition coefficient (Wildman–Crippen LogP) is 3.99. The summed E-state index contributed by atoms with van der Waals surface area (Å²) in [6, 6.07) is 20.0. The molecule has 2 aromatic rings. The number of hydrogen-bond acceptors (Lipinski definition) is 1. The van der Waals surface area contributed by atoms with Crippen LogP contribution in [0.2, 0.25) is 0 Å². The molecule has 0 heterocycles. The molecule has 0 saturated heterocycles. The van der Waals surface area contributed by atoms with Crippen LogP contribution < -0.4 is 0 Å². The third-order valence-corrected chi connectivity index (χ3v) is 3.09. The summed E-state index contributed by atoms with van der Waals surface area (Å²) in [6.45, 7) is 2.71. The van der Waals surface area contributed by atoms with Gasteiger partial charge in [-0.05, 0) is 6.42 Å². The SMILES string of the molecule is C#CC(OCCC)(c1ccccc1)c1ccccc1. The molecule has 1 heteroatoms. The number of rotatable bonds is 5. The second kappa shape index (κ2) is 6.22. The van der Waals surface area contributed by atoms with Crippen molar-refractivity contribution in [2.75, 3.05) is 6.61 Å². The molecule has 0 aliphatic heterocycles. The number of benzene rings is 2. The molecule has 0 unspecified atom stereocenters. The molecule has 0 aromatic heterocycles. The highest BCUT2D eigenvalue weighted by atomic mass is 16.5. The van der Waals surface area contributed by atoms with Crippen LogP contribution in [0.15, 0.2) is 60.7 Å². The first kappa shape index (κ1) is 13.4. The summed E-state index contributed by atoms with van der Waals surface area (Å²) in [5.74, 6) is 2.86. The van der Waals surface area contributed by atoms with Gasteiger partial charge in [-0.25, -0.2) is 0 Å². The maximum atomic E-state index is 6.06. The Kier molecular flexibility index (Phi) is 4.39. The Labute approximate surface area is 115 Å². The fourth-order valence-electron chi connectivity index (χ4n) is 2.14. The van der Waals surface area contributed by atoms with Gasteiger partial charge in [0.1, 0.15) is 0 Å². The Morgan fingerprint density at radius 1 is 0.947 bits per heavy atom. The van der Waals surface area contributed by atoms with Gasteiger partial charge in [-0.3, -0.25) is 0 Å². The Balaban J connectivity index is 2.53. The monoisotopic (exact) mass is 250 g/mol. The third-order valence-electron chi connectivity index (χ3n) is 3.09. The van der Waals surface area contributed by atoms with Crippen LogP contribution in [0, 0.1) is 12.3 Å². The van der Waals surface area contributed by atoms with Crippen LogP contribution in [0.5, 0.6) is 0 Å².